The van der Waals surface area contributed by atoms with Gasteiger partial charge in [0, 0.05) is 48.1 Å². The van der Waals surface area contributed by atoms with Gasteiger partial charge >= 0.3 is 0 Å². The summed E-state index contributed by atoms with van der Waals surface area (Å²) >= 11 is 5.85. The molecule has 1 heterocycles. The van der Waals surface area contributed by atoms with Crippen LogP contribution in [-0.2, 0) is 9.53 Å². The predicted molar refractivity (Wildman–Crippen MR) is 153 cm³/mol. The number of halogens is 2. The van der Waals surface area contributed by atoms with E-state index in [9.17, 15) is 9.18 Å². The Morgan fingerprint density at radius 2 is 1.93 bits per heavy atom. The van der Waals surface area contributed by atoms with Crippen molar-refractivity contribution in [3.63, 3.8) is 0 Å². The Bertz CT molecular complexity index is 1370. The normalized spacial score (nSPS) is 10.8. The molecule has 1 amide bonds. The Morgan fingerprint density at radius 3 is 2.67 bits per heavy atom. The van der Waals surface area contributed by atoms with Gasteiger partial charge in [0.1, 0.15) is 29.5 Å². The van der Waals surface area contributed by atoms with Crippen LogP contribution in [-0.4, -0.2) is 67.8 Å². The highest BCUT2D eigenvalue weighted by Gasteiger charge is 2.09. The third kappa shape index (κ3) is 10.0. The monoisotopic (exact) mass is 569 g/mol. The lowest BCUT2D eigenvalue weighted by Crippen LogP contribution is -2.24. The summed E-state index contributed by atoms with van der Waals surface area (Å²) in [6, 6.07) is 11.1. The predicted octanol–water partition coefficient (Wildman–Crippen LogP) is 5.52. The fourth-order valence-corrected chi connectivity index (χ4v) is 3.51. The van der Waals surface area contributed by atoms with Crippen LogP contribution in [0.3, 0.4) is 0 Å². The zero-order chi connectivity index (χ0) is 28.7. The summed E-state index contributed by atoms with van der Waals surface area (Å²) in [5.74, 6) is 0.647. The molecule has 1 aromatic heterocycles. The second-order valence-electron chi connectivity index (χ2n) is 8.30. The highest BCUT2D eigenvalue weighted by Crippen LogP contribution is 2.31. The van der Waals surface area contributed by atoms with Crippen molar-refractivity contribution >= 4 is 46.2 Å². The van der Waals surface area contributed by atoms with Crippen LogP contribution < -0.4 is 20.7 Å². The molecule has 3 N–H and O–H groups in total. The maximum Gasteiger partial charge on any atom is 0.248 e. The number of hydrogen-bond donors (Lipinski definition) is 3. The molecule has 0 saturated heterocycles. The highest BCUT2D eigenvalue weighted by atomic mass is 35.5. The average Bonchev–Trinajstić information content (AvgIpc) is 2.93. The Hall–Kier alpha value is -4.42. The van der Waals surface area contributed by atoms with Crippen LogP contribution in [0.1, 0.15) is 0 Å². The average molecular weight is 570 g/mol. The van der Waals surface area contributed by atoms with Gasteiger partial charge in [0.15, 0.2) is 0 Å². The van der Waals surface area contributed by atoms with E-state index in [1.165, 1.54) is 31.6 Å². The first kappa shape index (κ1) is 30.1. The molecule has 12 nitrogen and oxygen atoms in total. The van der Waals surface area contributed by atoms with Crippen LogP contribution in [0, 0.1) is 5.82 Å². The van der Waals surface area contributed by atoms with Crippen LogP contribution in [0.25, 0.3) is 10.4 Å². The molecule has 40 heavy (non-hydrogen) atoms. The second-order valence-corrected chi connectivity index (χ2v) is 8.71. The van der Waals surface area contributed by atoms with E-state index < -0.39 is 5.82 Å². The molecule has 3 rings (SSSR count). The van der Waals surface area contributed by atoms with Crippen LogP contribution in [0.4, 0.5) is 33.1 Å². The lowest BCUT2D eigenvalue weighted by atomic mass is 10.2. The van der Waals surface area contributed by atoms with Gasteiger partial charge in [-0.3, -0.25) is 4.79 Å². The SMILES string of the molecule is COc1ccc(NC(=O)C=CCN(C)CCOCCN=[N+]=[N-])cc1Nc1cc(Nc2ccc(F)c(Cl)c2)ncn1. The van der Waals surface area contributed by atoms with Crippen molar-refractivity contribution < 1.29 is 18.7 Å². The number of likely N-dealkylation sites (N-methyl/N-ethyl adjacent to an activating group) is 1. The van der Waals surface area contributed by atoms with Crippen molar-refractivity contribution in [3.05, 3.63) is 82.2 Å². The Labute approximate surface area is 235 Å². The van der Waals surface area contributed by atoms with Crippen molar-refractivity contribution in [2.24, 2.45) is 5.11 Å². The third-order valence-electron chi connectivity index (χ3n) is 5.29. The Kier molecular flexibility index (Phi) is 11.9. The molecule has 0 atom stereocenters. The second kappa shape index (κ2) is 15.9. The topological polar surface area (TPSA) is 149 Å². The minimum atomic E-state index is -0.513. The van der Waals surface area contributed by atoms with Crippen LogP contribution in [0.15, 0.2) is 66.1 Å². The van der Waals surface area contributed by atoms with Gasteiger partial charge < -0.3 is 30.3 Å². The molecule has 0 fully saturated rings. The number of amides is 1. The third-order valence-corrected chi connectivity index (χ3v) is 5.58. The fourth-order valence-electron chi connectivity index (χ4n) is 3.32. The quantitative estimate of drug-likeness (QED) is 0.0712. The van der Waals surface area contributed by atoms with Gasteiger partial charge in [0.05, 0.1) is 31.0 Å². The molecule has 0 unspecified atom stereocenters. The highest BCUT2D eigenvalue weighted by molar-refractivity contribution is 6.31. The molecule has 0 saturated carbocycles. The zero-order valence-corrected chi connectivity index (χ0v) is 22.7. The van der Waals surface area contributed by atoms with E-state index in [2.05, 4.69) is 35.9 Å². The molecule has 0 aliphatic carbocycles. The number of methoxy groups -OCH3 is 1. The van der Waals surface area contributed by atoms with Gasteiger partial charge in [-0.25, -0.2) is 14.4 Å². The molecule has 14 heteroatoms. The number of azide groups is 1. The van der Waals surface area contributed by atoms with Crippen LogP contribution in [0.5, 0.6) is 5.75 Å². The van der Waals surface area contributed by atoms with E-state index in [1.807, 2.05) is 11.9 Å². The summed E-state index contributed by atoms with van der Waals surface area (Å²) in [5.41, 5.74) is 9.91. The molecule has 210 valence electrons. The largest absolute Gasteiger partial charge is 0.495 e. The summed E-state index contributed by atoms with van der Waals surface area (Å²) in [5, 5.41) is 12.4. The van der Waals surface area contributed by atoms with Crippen LogP contribution in [0.2, 0.25) is 5.02 Å². The molecule has 0 bridgehead atoms. The Morgan fingerprint density at radius 1 is 1.15 bits per heavy atom. The summed E-state index contributed by atoms with van der Waals surface area (Å²) < 4.78 is 24.3. The van der Waals surface area contributed by atoms with Gasteiger partial charge in [-0.15, -0.1) is 0 Å². The van der Waals surface area contributed by atoms with Crippen molar-refractivity contribution in [1.29, 1.82) is 0 Å². The lowest BCUT2D eigenvalue weighted by Gasteiger charge is -2.14. The van der Waals surface area contributed by atoms with E-state index in [0.29, 0.717) is 67.3 Å². The first-order valence-electron chi connectivity index (χ1n) is 12.1. The number of nitrogens with one attached hydrogen (secondary N) is 3. The number of carbonyl (C=O) groups excluding carboxylic acids is 1. The first-order valence-corrected chi connectivity index (χ1v) is 12.5. The van der Waals surface area contributed by atoms with Crippen molar-refractivity contribution in [3.8, 4) is 5.75 Å². The molecular formula is C26H29ClFN9O3. The number of carbonyl (C=O) groups is 1. The van der Waals surface area contributed by atoms with Gasteiger partial charge in [-0.1, -0.05) is 22.8 Å². The number of ether oxygens (including phenoxy) is 2. The summed E-state index contributed by atoms with van der Waals surface area (Å²) in [4.78, 5) is 25.5. The fraction of sp³-hybridized carbons (Fsp3) is 0.269. The zero-order valence-electron chi connectivity index (χ0n) is 22.0. The number of anilines is 5. The summed E-state index contributed by atoms with van der Waals surface area (Å²) in [6.07, 6.45) is 4.58. The van der Waals surface area contributed by atoms with Gasteiger partial charge in [0.25, 0.3) is 0 Å². The molecular weight excluding hydrogens is 541 g/mol. The Balaban J connectivity index is 1.56. The minimum absolute atomic E-state index is 0.00662. The number of hydrogen-bond acceptors (Lipinski definition) is 9. The van der Waals surface area contributed by atoms with Crippen LogP contribution >= 0.6 is 11.6 Å². The van der Waals surface area contributed by atoms with E-state index in [4.69, 9.17) is 26.6 Å². The summed E-state index contributed by atoms with van der Waals surface area (Å²) in [7, 11) is 3.44. The number of nitrogens with zero attached hydrogens (tertiary/aromatic N) is 6. The van der Waals surface area contributed by atoms with Gasteiger partial charge in [-0.05, 0) is 49.0 Å². The number of aromatic nitrogens is 2. The smallest absolute Gasteiger partial charge is 0.248 e. The molecule has 3 aromatic rings. The molecule has 0 aliphatic heterocycles. The first-order chi connectivity index (χ1) is 19.4. The van der Waals surface area contributed by atoms with E-state index in [0.717, 1.165) is 0 Å². The maximum atomic E-state index is 13.4. The van der Waals surface area contributed by atoms with E-state index in [-0.39, 0.29) is 10.9 Å². The minimum Gasteiger partial charge on any atom is -0.495 e. The van der Waals surface area contributed by atoms with E-state index in [1.54, 1.807) is 36.4 Å². The maximum absolute atomic E-state index is 13.4. The molecule has 0 radical (unpaired) electrons. The van der Waals surface area contributed by atoms with Crippen molar-refractivity contribution in [1.82, 2.24) is 14.9 Å². The number of benzene rings is 2. The van der Waals surface area contributed by atoms with Crippen molar-refractivity contribution in [2.45, 2.75) is 0 Å². The molecule has 0 aliphatic rings. The molecule has 0 spiro atoms. The molecule has 2 aromatic carbocycles. The number of rotatable bonds is 15. The van der Waals surface area contributed by atoms with E-state index >= 15 is 0 Å². The van der Waals surface area contributed by atoms with Crippen molar-refractivity contribution in [2.75, 3.05) is 63.0 Å². The van der Waals surface area contributed by atoms with Gasteiger partial charge in [-0.2, -0.15) is 0 Å². The standard InChI is InChI=1S/C26H29ClFN9O3/c1-37(11-13-40-12-9-32-36-29)10-3-4-26(38)34-19-6-8-23(39-2)22(15-19)35-25-16-24(30-17-31-25)33-18-5-7-21(28)20(27)14-18/h3-8,14-17H,9-13H2,1-2H3,(H,34,38)(H2,30,31,33,35). The lowest BCUT2D eigenvalue weighted by molar-refractivity contribution is -0.111. The van der Waals surface area contributed by atoms with Gasteiger partial charge in [0.2, 0.25) is 5.91 Å². The summed E-state index contributed by atoms with van der Waals surface area (Å²) in [6.45, 7) is 2.37.